The second-order valence-corrected chi connectivity index (χ2v) is 9.03. The second-order valence-electron chi connectivity index (χ2n) is 9.03. The standard InChI is InChI=1S/C29H26FNO2/c1-18-9-8-14-25(19(18)2)31-26-15-21(20-10-4-3-5-11-20)16-27(32)29(26)23(17-28(31)33)22-12-6-7-13-24(22)30/h3-14,21,23H,15-17H2,1-2H3. The van der Waals surface area contributed by atoms with Crippen LogP contribution in [0.5, 0.6) is 0 Å². The highest BCUT2D eigenvalue weighted by atomic mass is 19.1. The third-order valence-electron chi connectivity index (χ3n) is 7.10. The Morgan fingerprint density at radius 3 is 2.30 bits per heavy atom. The molecule has 0 radical (unpaired) electrons. The number of carbonyl (C=O) groups is 2. The number of nitrogens with zero attached hydrogens (tertiary/aromatic N) is 1. The number of aryl methyl sites for hydroxylation is 1. The minimum Gasteiger partial charge on any atom is -0.294 e. The van der Waals surface area contributed by atoms with Crippen LogP contribution in [-0.4, -0.2) is 11.7 Å². The van der Waals surface area contributed by atoms with Gasteiger partial charge in [-0.15, -0.1) is 0 Å². The number of ketones is 1. The first kappa shape index (κ1) is 21.3. The maximum absolute atomic E-state index is 14.8. The minimum absolute atomic E-state index is 0.00108. The van der Waals surface area contributed by atoms with Gasteiger partial charge < -0.3 is 0 Å². The van der Waals surface area contributed by atoms with Gasteiger partial charge in [-0.3, -0.25) is 14.5 Å². The van der Waals surface area contributed by atoms with E-state index in [1.807, 2.05) is 62.4 Å². The summed E-state index contributed by atoms with van der Waals surface area (Å²) in [4.78, 5) is 29.0. The molecule has 4 heteroatoms. The third-order valence-corrected chi connectivity index (χ3v) is 7.10. The quantitative estimate of drug-likeness (QED) is 0.476. The molecule has 0 fully saturated rings. The number of rotatable bonds is 3. The molecule has 1 heterocycles. The van der Waals surface area contributed by atoms with Crippen LogP contribution in [-0.2, 0) is 9.59 Å². The van der Waals surface area contributed by atoms with Crippen molar-refractivity contribution in [2.75, 3.05) is 4.90 Å². The molecule has 0 saturated carbocycles. The Balaban J connectivity index is 1.70. The molecule has 3 nitrogen and oxygen atoms in total. The summed E-state index contributed by atoms with van der Waals surface area (Å²) in [5.41, 5.74) is 5.72. The highest BCUT2D eigenvalue weighted by Crippen LogP contribution is 2.47. The fraction of sp³-hybridized carbons (Fsp3) is 0.241. The van der Waals surface area contributed by atoms with E-state index in [9.17, 15) is 14.0 Å². The summed E-state index contributed by atoms with van der Waals surface area (Å²) in [6.07, 6.45) is 1.01. The molecule has 166 valence electrons. The SMILES string of the molecule is Cc1cccc(N2C(=O)CC(c3ccccc3F)C3=C2CC(c2ccccc2)CC3=O)c1C. The van der Waals surface area contributed by atoms with Crippen molar-refractivity contribution in [1.29, 1.82) is 0 Å². The molecule has 3 aromatic carbocycles. The maximum atomic E-state index is 14.8. The molecule has 1 aliphatic carbocycles. The Labute approximate surface area is 193 Å². The van der Waals surface area contributed by atoms with Crippen LogP contribution in [0.15, 0.2) is 84.1 Å². The molecule has 33 heavy (non-hydrogen) atoms. The largest absolute Gasteiger partial charge is 0.294 e. The van der Waals surface area contributed by atoms with Gasteiger partial charge >= 0.3 is 0 Å². The Bertz CT molecular complexity index is 1280. The van der Waals surface area contributed by atoms with Gasteiger partial charge in [-0.2, -0.15) is 0 Å². The normalized spacial score (nSPS) is 20.8. The van der Waals surface area contributed by atoms with Crippen molar-refractivity contribution in [3.63, 3.8) is 0 Å². The van der Waals surface area contributed by atoms with E-state index < -0.39 is 5.92 Å². The lowest BCUT2D eigenvalue weighted by Crippen LogP contribution is -2.42. The zero-order chi connectivity index (χ0) is 23.1. The van der Waals surface area contributed by atoms with Gasteiger partial charge in [-0.25, -0.2) is 4.39 Å². The number of Topliss-reactive ketones (excluding diaryl/α,β-unsaturated/α-hetero) is 1. The molecular formula is C29H26FNO2. The molecule has 0 N–H and O–H groups in total. The highest BCUT2D eigenvalue weighted by molar-refractivity contribution is 6.08. The lowest BCUT2D eigenvalue weighted by Gasteiger charge is -2.41. The first-order chi connectivity index (χ1) is 16.0. The van der Waals surface area contributed by atoms with Crippen LogP contribution in [0.25, 0.3) is 0 Å². The van der Waals surface area contributed by atoms with E-state index >= 15 is 0 Å². The van der Waals surface area contributed by atoms with E-state index in [2.05, 4.69) is 0 Å². The molecule has 0 spiro atoms. The smallest absolute Gasteiger partial charge is 0.232 e. The molecule has 0 aromatic heterocycles. The van der Waals surface area contributed by atoms with Crippen LogP contribution in [0.2, 0.25) is 0 Å². The van der Waals surface area contributed by atoms with Crippen LogP contribution in [0.4, 0.5) is 10.1 Å². The number of hydrogen-bond acceptors (Lipinski definition) is 2. The molecule has 1 amide bonds. The molecule has 5 rings (SSSR count). The number of benzene rings is 3. The lowest BCUT2D eigenvalue weighted by atomic mass is 9.72. The van der Waals surface area contributed by atoms with E-state index in [1.165, 1.54) is 6.07 Å². The maximum Gasteiger partial charge on any atom is 0.232 e. The third kappa shape index (κ3) is 3.70. The summed E-state index contributed by atoms with van der Waals surface area (Å²) in [6.45, 7) is 4.02. The average Bonchev–Trinajstić information content (AvgIpc) is 2.81. The zero-order valence-corrected chi connectivity index (χ0v) is 18.8. The van der Waals surface area contributed by atoms with Gasteiger partial charge in [0.15, 0.2) is 5.78 Å². The zero-order valence-electron chi connectivity index (χ0n) is 18.8. The number of halogens is 1. The summed E-state index contributed by atoms with van der Waals surface area (Å²) in [5.74, 6) is -1.05. The fourth-order valence-electron chi connectivity index (χ4n) is 5.28. The summed E-state index contributed by atoms with van der Waals surface area (Å²) < 4.78 is 14.8. The number of amides is 1. The highest BCUT2D eigenvalue weighted by Gasteiger charge is 2.43. The van der Waals surface area contributed by atoms with Gasteiger partial charge in [-0.05, 0) is 60.6 Å². The predicted octanol–water partition coefficient (Wildman–Crippen LogP) is 6.36. The Hall–Kier alpha value is -3.53. The fourth-order valence-corrected chi connectivity index (χ4v) is 5.28. The van der Waals surface area contributed by atoms with Crippen molar-refractivity contribution in [3.05, 3.63) is 112 Å². The van der Waals surface area contributed by atoms with Crippen LogP contribution in [0.3, 0.4) is 0 Å². The molecule has 2 atom stereocenters. The van der Waals surface area contributed by atoms with Crippen molar-refractivity contribution in [3.8, 4) is 0 Å². The number of carbonyl (C=O) groups excluding carboxylic acids is 2. The van der Waals surface area contributed by atoms with E-state index in [1.54, 1.807) is 23.1 Å². The number of hydrogen-bond donors (Lipinski definition) is 0. The predicted molar refractivity (Wildman–Crippen MR) is 128 cm³/mol. The average molecular weight is 440 g/mol. The molecule has 0 bridgehead atoms. The van der Waals surface area contributed by atoms with Gasteiger partial charge in [0, 0.05) is 30.0 Å². The van der Waals surface area contributed by atoms with Gasteiger partial charge in [0.2, 0.25) is 5.91 Å². The Kier molecular flexibility index (Phi) is 5.45. The van der Waals surface area contributed by atoms with E-state index in [0.717, 1.165) is 28.1 Å². The second kappa shape index (κ2) is 8.43. The number of allylic oxidation sites excluding steroid dienone is 2. The Morgan fingerprint density at radius 2 is 1.55 bits per heavy atom. The van der Waals surface area contributed by atoms with E-state index in [-0.39, 0.29) is 29.8 Å². The molecule has 0 saturated heterocycles. The summed E-state index contributed by atoms with van der Waals surface area (Å²) in [5, 5.41) is 0. The minimum atomic E-state index is -0.556. The van der Waals surface area contributed by atoms with Crippen molar-refractivity contribution >= 4 is 17.4 Å². The van der Waals surface area contributed by atoms with Crippen molar-refractivity contribution in [2.24, 2.45) is 0 Å². The van der Waals surface area contributed by atoms with Crippen molar-refractivity contribution in [1.82, 2.24) is 0 Å². The Morgan fingerprint density at radius 1 is 0.818 bits per heavy atom. The van der Waals surface area contributed by atoms with E-state index in [0.29, 0.717) is 24.0 Å². The first-order valence-electron chi connectivity index (χ1n) is 11.4. The lowest BCUT2D eigenvalue weighted by molar-refractivity contribution is -0.120. The van der Waals surface area contributed by atoms with Gasteiger partial charge in [0.05, 0.1) is 5.69 Å². The van der Waals surface area contributed by atoms with Crippen LogP contribution < -0.4 is 4.90 Å². The van der Waals surface area contributed by atoms with Crippen LogP contribution >= 0.6 is 0 Å². The number of anilines is 1. The first-order valence-corrected chi connectivity index (χ1v) is 11.4. The van der Waals surface area contributed by atoms with Gasteiger partial charge in [-0.1, -0.05) is 60.7 Å². The van der Waals surface area contributed by atoms with Gasteiger partial charge in [0.1, 0.15) is 5.82 Å². The summed E-state index contributed by atoms with van der Waals surface area (Å²) in [7, 11) is 0. The van der Waals surface area contributed by atoms with E-state index in [4.69, 9.17) is 0 Å². The monoisotopic (exact) mass is 439 g/mol. The molecule has 3 aromatic rings. The van der Waals surface area contributed by atoms with Crippen LogP contribution in [0, 0.1) is 19.7 Å². The molecule has 1 aliphatic heterocycles. The van der Waals surface area contributed by atoms with Crippen molar-refractivity contribution < 1.29 is 14.0 Å². The molecule has 2 aliphatic rings. The summed E-state index contributed by atoms with van der Waals surface area (Å²) in [6, 6.07) is 22.4. The van der Waals surface area contributed by atoms with Crippen molar-refractivity contribution in [2.45, 2.75) is 44.9 Å². The molecular weight excluding hydrogens is 413 g/mol. The summed E-state index contributed by atoms with van der Waals surface area (Å²) >= 11 is 0. The molecule has 2 unspecified atom stereocenters. The topological polar surface area (TPSA) is 37.4 Å². The van der Waals surface area contributed by atoms with Crippen LogP contribution in [0.1, 0.15) is 53.4 Å². The van der Waals surface area contributed by atoms with Gasteiger partial charge in [0.25, 0.3) is 0 Å².